The van der Waals surface area contributed by atoms with Gasteiger partial charge in [0.15, 0.2) is 5.82 Å². The van der Waals surface area contributed by atoms with Gasteiger partial charge in [-0.1, -0.05) is 12.1 Å². The highest BCUT2D eigenvalue weighted by Crippen LogP contribution is 2.15. The molecule has 11 heavy (non-hydrogen) atoms. The molecule has 2 heterocycles. The Morgan fingerprint density at radius 1 is 1.64 bits per heavy atom. The van der Waals surface area contributed by atoms with Crippen LogP contribution in [0.5, 0.6) is 0 Å². The predicted molar refractivity (Wildman–Crippen MR) is 39.3 cm³/mol. The van der Waals surface area contributed by atoms with Crippen LogP contribution in [-0.4, -0.2) is 23.2 Å². The van der Waals surface area contributed by atoms with Crippen molar-refractivity contribution in [3.8, 4) is 0 Å². The number of hydrogen-bond donors (Lipinski definition) is 1. The van der Waals surface area contributed by atoms with Crippen LogP contribution < -0.4 is 5.32 Å². The lowest BCUT2D eigenvalue weighted by molar-refractivity contribution is 0.358. The summed E-state index contributed by atoms with van der Waals surface area (Å²) < 4.78 is 4.98. The van der Waals surface area contributed by atoms with Gasteiger partial charge in [0, 0.05) is 25.4 Å². The Morgan fingerprint density at radius 2 is 2.45 bits per heavy atom. The molecular weight excluding hydrogens is 142 g/mol. The molecule has 2 rings (SSSR count). The van der Waals surface area contributed by atoms with Crippen molar-refractivity contribution in [1.29, 1.82) is 0 Å². The van der Waals surface area contributed by atoms with Crippen LogP contribution >= 0.6 is 0 Å². The molecule has 0 bridgehead atoms. The van der Waals surface area contributed by atoms with E-state index in [9.17, 15) is 0 Å². The van der Waals surface area contributed by atoms with Gasteiger partial charge in [0.2, 0.25) is 5.89 Å². The van der Waals surface area contributed by atoms with Gasteiger partial charge < -0.3 is 9.84 Å². The highest BCUT2D eigenvalue weighted by Gasteiger charge is 2.23. The summed E-state index contributed by atoms with van der Waals surface area (Å²) in [6.07, 6.45) is 0.827. The maximum absolute atomic E-state index is 4.98. The molecule has 1 fully saturated rings. The first-order chi connectivity index (χ1) is 5.40. The fourth-order valence-electron chi connectivity index (χ4n) is 1.05. The summed E-state index contributed by atoms with van der Waals surface area (Å²) in [5.74, 6) is 2.09. The van der Waals surface area contributed by atoms with Crippen molar-refractivity contribution >= 4 is 0 Å². The molecule has 0 spiro atoms. The Morgan fingerprint density at radius 3 is 2.91 bits per heavy atom. The second-order valence-corrected chi connectivity index (χ2v) is 2.76. The van der Waals surface area contributed by atoms with E-state index in [2.05, 4.69) is 15.5 Å². The van der Waals surface area contributed by atoms with E-state index in [1.807, 2.05) is 6.92 Å². The van der Waals surface area contributed by atoms with Crippen LogP contribution in [0.2, 0.25) is 0 Å². The lowest BCUT2D eigenvalue weighted by Crippen LogP contribution is -2.40. The first-order valence-corrected chi connectivity index (χ1v) is 3.93. The van der Waals surface area contributed by atoms with Crippen molar-refractivity contribution in [2.24, 2.45) is 0 Å². The Balaban J connectivity index is 2.11. The second-order valence-electron chi connectivity index (χ2n) is 2.76. The molecule has 1 aliphatic rings. The minimum absolute atomic E-state index is 0.485. The Bertz CT molecular complexity index is 242. The average molecular weight is 153 g/mol. The van der Waals surface area contributed by atoms with Crippen LogP contribution in [0.4, 0.5) is 0 Å². The summed E-state index contributed by atoms with van der Waals surface area (Å²) in [6.45, 7) is 3.99. The van der Waals surface area contributed by atoms with E-state index in [0.717, 1.165) is 31.2 Å². The number of nitrogens with one attached hydrogen (secondary N) is 1. The van der Waals surface area contributed by atoms with E-state index in [-0.39, 0.29) is 0 Å². The molecule has 0 saturated carbocycles. The molecule has 0 radical (unpaired) electrons. The third kappa shape index (κ3) is 1.14. The average Bonchev–Trinajstić information content (AvgIpc) is 2.32. The summed E-state index contributed by atoms with van der Waals surface area (Å²) in [5.41, 5.74) is 0. The first kappa shape index (κ1) is 6.79. The standard InChI is InChI=1S/C7H11N3O/c1-2-6-9-7(10-11-6)5-3-8-4-5/h5,8H,2-4H2,1H3. The van der Waals surface area contributed by atoms with Gasteiger partial charge in [-0.2, -0.15) is 4.98 Å². The normalized spacial score (nSPS) is 18.3. The Labute approximate surface area is 65.0 Å². The Hall–Kier alpha value is -0.900. The molecular formula is C7H11N3O. The number of aromatic nitrogens is 2. The van der Waals surface area contributed by atoms with Crippen LogP contribution in [0, 0.1) is 0 Å². The van der Waals surface area contributed by atoms with Gasteiger partial charge in [0.25, 0.3) is 0 Å². The van der Waals surface area contributed by atoms with Crippen LogP contribution in [0.3, 0.4) is 0 Å². The summed E-state index contributed by atoms with van der Waals surface area (Å²) in [7, 11) is 0. The van der Waals surface area contributed by atoms with Gasteiger partial charge in [0.1, 0.15) is 0 Å². The van der Waals surface area contributed by atoms with Crippen molar-refractivity contribution in [1.82, 2.24) is 15.5 Å². The van der Waals surface area contributed by atoms with Crippen molar-refractivity contribution in [3.05, 3.63) is 11.7 Å². The predicted octanol–water partition coefficient (Wildman–Crippen LogP) is 0.319. The number of hydrogen-bond acceptors (Lipinski definition) is 4. The molecule has 1 aliphatic heterocycles. The van der Waals surface area contributed by atoms with E-state index in [1.165, 1.54) is 0 Å². The largest absolute Gasteiger partial charge is 0.339 e. The number of rotatable bonds is 2. The molecule has 0 atom stereocenters. The molecule has 0 aliphatic carbocycles. The molecule has 0 amide bonds. The smallest absolute Gasteiger partial charge is 0.226 e. The third-order valence-corrected chi connectivity index (χ3v) is 1.93. The highest BCUT2D eigenvalue weighted by atomic mass is 16.5. The zero-order valence-corrected chi connectivity index (χ0v) is 6.50. The summed E-state index contributed by atoms with van der Waals surface area (Å²) in [4.78, 5) is 4.23. The minimum atomic E-state index is 0.485. The fourth-order valence-corrected chi connectivity index (χ4v) is 1.05. The molecule has 1 aromatic heterocycles. The van der Waals surface area contributed by atoms with Crippen molar-refractivity contribution in [2.45, 2.75) is 19.3 Å². The van der Waals surface area contributed by atoms with E-state index >= 15 is 0 Å². The zero-order valence-electron chi connectivity index (χ0n) is 6.50. The van der Waals surface area contributed by atoms with Crippen LogP contribution in [-0.2, 0) is 6.42 Å². The van der Waals surface area contributed by atoms with Gasteiger partial charge in [-0.05, 0) is 0 Å². The van der Waals surface area contributed by atoms with E-state index in [0.29, 0.717) is 5.92 Å². The zero-order chi connectivity index (χ0) is 7.68. The lowest BCUT2D eigenvalue weighted by atomic mass is 10.0. The SMILES string of the molecule is CCc1nc(C2CNC2)no1. The molecule has 4 heteroatoms. The topological polar surface area (TPSA) is 51.0 Å². The van der Waals surface area contributed by atoms with E-state index < -0.39 is 0 Å². The van der Waals surface area contributed by atoms with Gasteiger partial charge in [-0.3, -0.25) is 0 Å². The fraction of sp³-hybridized carbons (Fsp3) is 0.714. The summed E-state index contributed by atoms with van der Waals surface area (Å²) in [5, 5.41) is 7.05. The van der Waals surface area contributed by atoms with Gasteiger partial charge in [-0.15, -0.1) is 0 Å². The maximum Gasteiger partial charge on any atom is 0.226 e. The summed E-state index contributed by atoms with van der Waals surface area (Å²) in [6, 6.07) is 0. The highest BCUT2D eigenvalue weighted by molar-refractivity contribution is 5.02. The van der Waals surface area contributed by atoms with Crippen molar-refractivity contribution in [3.63, 3.8) is 0 Å². The first-order valence-electron chi connectivity index (χ1n) is 3.93. The van der Waals surface area contributed by atoms with Crippen LogP contribution in [0.1, 0.15) is 24.6 Å². The molecule has 0 unspecified atom stereocenters. The lowest BCUT2D eigenvalue weighted by Gasteiger charge is -2.23. The second kappa shape index (κ2) is 2.62. The third-order valence-electron chi connectivity index (χ3n) is 1.93. The summed E-state index contributed by atoms with van der Waals surface area (Å²) >= 11 is 0. The number of aryl methyl sites for hydroxylation is 1. The Kier molecular flexibility index (Phi) is 1.62. The molecule has 4 nitrogen and oxygen atoms in total. The van der Waals surface area contributed by atoms with Gasteiger partial charge in [-0.25, -0.2) is 0 Å². The van der Waals surface area contributed by atoms with Gasteiger partial charge in [0.05, 0.1) is 0 Å². The molecule has 1 saturated heterocycles. The number of nitrogens with zero attached hydrogens (tertiary/aromatic N) is 2. The van der Waals surface area contributed by atoms with E-state index in [1.54, 1.807) is 0 Å². The van der Waals surface area contributed by atoms with E-state index in [4.69, 9.17) is 4.52 Å². The molecule has 60 valence electrons. The minimum Gasteiger partial charge on any atom is -0.339 e. The van der Waals surface area contributed by atoms with Gasteiger partial charge >= 0.3 is 0 Å². The van der Waals surface area contributed by atoms with Crippen LogP contribution in [0.15, 0.2) is 4.52 Å². The molecule has 1 N–H and O–H groups in total. The van der Waals surface area contributed by atoms with Crippen LogP contribution in [0.25, 0.3) is 0 Å². The van der Waals surface area contributed by atoms with Crippen molar-refractivity contribution in [2.75, 3.05) is 13.1 Å². The monoisotopic (exact) mass is 153 g/mol. The molecule has 1 aromatic rings. The van der Waals surface area contributed by atoms with Crippen molar-refractivity contribution < 1.29 is 4.52 Å². The quantitative estimate of drug-likeness (QED) is 0.664. The maximum atomic E-state index is 4.98. The molecule has 0 aromatic carbocycles.